The molecule has 0 bridgehead atoms. The third-order valence-electron chi connectivity index (χ3n) is 5.84. The number of nitrogens with zero attached hydrogens (tertiary/aromatic N) is 2. The standard InChI is InChI=1S/C22H28ClN3O5S/c1-2-32(30,31)19-8-7-15(9-18(19)23)17(14-5-3-4-6-14)11-21(27)26-20-13-24-16(12-25-20)10-22(28)29/h7-9,12-14,17,22,28-29H,2-6,10-11H2,1H3,(H,25,26,27). The summed E-state index contributed by atoms with van der Waals surface area (Å²) in [7, 11) is -3.42. The van der Waals surface area contributed by atoms with Crippen LogP contribution >= 0.6 is 11.6 Å². The third kappa shape index (κ3) is 6.25. The Morgan fingerprint density at radius 3 is 2.50 bits per heavy atom. The minimum atomic E-state index is -3.42. The molecule has 3 rings (SSSR count). The number of benzene rings is 1. The Bertz CT molecular complexity index is 1040. The Morgan fingerprint density at radius 1 is 1.22 bits per heavy atom. The van der Waals surface area contributed by atoms with Crippen LogP contribution in [-0.2, 0) is 21.1 Å². The number of aliphatic hydroxyl groups is 2. The van der Waals surface area contributed by atoms with E-state index in [1.54, 1.807) is 19.1 Å². The van der Waals surface area contributed by atoms with Crippen LogP contribution in [0.4, 0.5) is 5.82 Å². The zero-order valence-electron chi connectivity index (χ0n) is 17.9. The number of hydrogen-bond acceptors (Lipinski definition) is 7. The molecule has 1 atom stereocenters. The number of carbonyl (C=O) groups is 1. The van der Waals surface area contributed by atoms with Crippen molar-refractivity contribution in [2.45, 2.75) is 62.6 Å². The molecule has 2 aromatic rings. The molecule has 0 aliphatic heterocycles. The molecule has 0 saturated heterocycles. The summed E-state index contributed by atoms with van der Waals surface area (Å²) in [5.74, 6) is 0.235. The Hall–Kier alpha value is -2.07. The number of amides is 1. The quantitative estimate of drug-likeness (QED) is 0.469. The van der Waals surface area contributed by atoms with Crippen molar-refractivity contribution in [1.29, 1.82) is 0 Å². The molecule has 0 radical (unpaired) electrons. The van der Waals surface area contributed by atoms with Crippen molar-refractivity contribution in [1.82, 2.24) is 9.97 Å². The molecule has 174 valence electrons. The lowest BCUT2D eigenvalue weighted by Crippen LogP contribution is -2.21. The van der Waals surface area contributed by atoms with Crippen LogP contribution in [-0.4, -0.2) is 46.5 Å². The van der Waals surface area contributed by atoms with Gasteiger partial charge in [-0.1, -0.05) is 37.4 Å². The molecular formula is C22H28ClN3O5S. The highest BCUT2D eigenvalue weighted by molar-refractivity contribution is 7.91. The summed E-state index contributed by atoms with van der Waals surface area (Å²) in [6.07, 6.45) is 5.62. The highest BCUT2D eigenvalue weighted by Crippen LogP contribution is 2.41. The van der Waals surface area contributed by atoms with Gasteiger partial charge in [0.2, 0.25) is 5.91 Å². The van der Waals surface area contributed by atoms with Crippen LogP contribution < -0.4 is 5.32 Å². The zero-order chi connectivity index (χ0) is 23.3. The molecule has 1 fully saturated rings. The fraction of sp³-hybridized carbons (Fsp3) is 0.500. The lowest BCUT2D eigenvalue weighted by Gasteiger charge is -2.24. The number of sulfone groups is 1. The van der Waals surface area contributed by atoms with E-state index in [0.717, 1.165) is 31.2 Å². The average Bonchev–Trinajstić information content (AvgIpc) is 3.27. The maximum absolute atomic E-state index is 12.8. The van der Waals surface area contributed by atoms with Gasteiger partial charge in [-0.05, 0) is 42.4 Å². The fourth-order valence-electron chi connectivity index (χ4n) is 4.18. The van der Waals surface area contributed by atoms with Gasteiger partial charge in [-0.2, -0.15) is 0 Å². The number of carbonyl (C=O) groups excluding carboxylic acids is 1. The molecule has 0 spiro atoms. The van der Waals surface area contributed by atoms with Gasteiger partial charge in [0.25, 0.3) is 0 Å². The largest absolute Gasteiger partial charge is 0.368 e. The van der Waals surface area contributed by atoms with Crippen LogP contribution in [0.5, 0.6) is 0 Å². The summed E-state index contributed by atoms with van der Waals surface area (Å²) in [6.45, 7) is 1.58. The molecule has 10 heteroatoms. The third-order valence-corrected chi connectivity index (χ3v) is 8.05. The molecular weight excluding hydrogens is 454 g/mol. The van der Waals surface area contributed by atoms with E-state index in [2.05, 4.69) is 15.3 Å². The summed E-state index contributed by atoms with van der Waals surface area (Å²) >= 11 is 6.33. The van der Waals surface area contributed by atoms with Gasteiger partial charge in [0.05, 0.1) is 33.8 Å². The van der Waals surface area contributed by atoms with Crippen molar-refractivity contribution in [2.24, 2.45) is 5.92 Å². The number of aliphatic hydroxyl groups excluding tert-OH is 1. The van der Waals surface area contributed by atoms with E-state index < -0.39 is 16.1 Å². The van der Waals surface area contributed by atoms with E-state index >= 15 is 0 Å². The second kappa shape index (κ2) is 10.7. The Labute approximate surface area is 193 Å². The van der Waals surface area contributed by atoms with Crippen LogP contribution in [0.1, 0.15) is 56.2 Å². The zero-order valence-corrected chi connectivity index (χ0v) is 19.4. The number of anilines is 1. The van der Waals surface area contributed by atoms with E-state index in [4.69, 9.17) is 21.8 Å². The SMILES string of the molecule is CCS(=O)(=O)c1ccc(C(CC(=O)Nc2cnc(CC(O)O)cn2)C2CCCC2)cc1Cl. The molecule has 1 unspecified atom stereocenters. The number of aromatic nitrogens is 2. The van der Waals surface area contributed by atoms with E-state index in [9.17, 15) is 13.2 Å². The molecule has 32 heavy (non-hydrogen) atoms. The van der Waals surface area contributed by atoms with Crippen LogP contribution in [0.15, 0.2) is 35.5 Å². The van der Waals surface area contributed by atoms with Crippen LogP contribution in [0.2, 0.25) is 5.02 Å². The first-order chi connectivity index (χ1) is 15.2. The van der Waals surface area contributed by atoms with Crippen LogP contribution in [0, 0.1) is 5.92 Å². The normalized spacial score (nSPS) is 15.8. The molecule has 1 aromatic carbocycles. The topological polar surface area (TPSA) is 129 Å². The number of nitrogens with one attached hydrogen (secondary N) is 1. The van der Waals surface area contributed by atoms with Gasteiger partial charge in [-0.15, -0.1) is 0 Å². The van der Waals surface area contributed by atoms with Gasteiger partial charge >= 0.3 is 0 Å². The smallest absolute Gasteiger partial charge is 0.226 e. The molecule has 1 aliphatic carbocycles. The first-order valence-electron chi connectivity index (χ1n) is 10.7. The maximum atomic E-state index is 12.8. The van der Waals surface area contributed by atoms with Gasteiger partial charge in [0, 0.05) is 12.8 Å². The Morgan fingerprint density at radius 2 is 1.94 bits per heavy atom. The number of halogens is 1. The van der Waals surface area contributed by atoms with Crippen molar-refractivity contribution >= 4 is 33.2 Å². The number of hydrogen-bond donors (Lipinski definition) is 3. The van der Waals surface area contributed by atoms with E-state index in [1.165, 1.54) is 18.5 Å². The van der Waals surface area contributed by atoms with Crippen LogP contribution in [0.25, 0.3) is 0 Å². The predicted octanol–water partition coefficient (Wildman–Crippen LogP) is 3.08. The minimum absolute atomic E-state index is 0.0301. The molecule has 3 N–H and O–H groups in total. The fourth-order valence-corrected chi connectivity index (χ4v) is 5.66. The van der Waals surface area contributed by atoms with Crippen molar-refractivity contribution in [3.8, 4) is 0 Å². The van der Waals surface area contributed by atoms with E-state index in [1.807, 2.05) is 0 Å². The molecule has 8 nitrogen and oxygen atoms in total. The summed E-state index contributed by atoms with van der Waals surface area (Å²) in [5.41, 5.74) is 1.25. The summed E-state index contributed by atoms with van der Waals surface area (Å²) < 4.78 is 24.5. The first kappa shape index (κ1) is 24.6. The van der Waals surface area contributed by atoms with E-state index in [0.29, 0.717) is 11.6 Å². The monoisotopic (exact) mass is 481 g/mol. The lowest BCUT2D eigenvalue weighted by atomic mass is 9.82. The van der Waals surface area contributed by atoms with Crippen molar-refractivity contribution in [3.63, 3.8) is 0 Å². The highest BCUT2D eigenvalue weighted by Gasteiger charge is 2.29. The summed E-state index contributed by atoms with van der Waals surface area (Å²) in [4.78, 5) is 21.1. The van der Waals surface area contributed by atoms with E-state index in [-0.39, 0.29) is 46.2 Å². The Balaban J connectivity index is 1.76. The van der Waals surface area contributed by atoms with Crippen molar-refractivity contribution in [3.05, 3.63) is 46.9 Å². The predicted molar refractivity (Wildman–Crippen MR) is 121 cm³/mol. The maximum Gasteiger partial charge on any atom is 0.226 e. The highest BCUT2D eigenvalue weighted by atomic mass is 35.5. The average molecular weight is 482 g/mol. The van der Waals surface area contributed by atoms with Gasteiger partial charge in [0.15, 0.2) is 21.9 Å². The second-order valence-corrected chi connectivity index (χ2v) is 10.7. The van der Waals surface area contributed by atoms with Crippen molar-refractivity contribution in [2.75, 3.05) is 11.1 Å². The molecule has 1 aromatic heterocycles. The first-order valence-corrected chi connectivity index (χ1v) is 12.7. The van der Waals surface area contributed by atoms with Crippen LogP contribution in [0.3, 0.4) is 0 Å². The summed E-state index contributed by atoms with van der Waals surface area (Å²) in [5, 5.41) is 20.9. The second-order valence-electron chi connectivity index (χ2n) is 8.07. The molecule has 1 aliphatic rings. The van der Waals surface area contributed by atoms with Gasteiger partial charge in [0.1, 0.15) is 0 Å². The molecule has 1 amide bonds. The minimum Gasteiger partial charge on any atom is -0.368 e. The lowest BCUT2D eigenvalue weighted by molar-refractivity contribution is -0.116. The molecule has 1 heterocycles. The van der Waals surface area contributed by atoms with Crippen molar-refractivity contribution < 1.29 is 23.4 Å². The molecule has 1 saturated carbocycles. The summed E-state index contributed by atoms with van der Waals surface area (Å²) in [6, 6.07) is 4.98. The van der Waals surface area contributed by atoms with Gasteiger partial charge in [-0.3, -0.25) is 9.78 Å². The van der Waals surface area contributed by atoms with Gasteiger partial charge < -0.3 is 15.5 Å². The number of rotatable bonds is 9. The van der Waals surface area contributed by atoms with Gasteiger partial charge in [-0.25, -0.2) is 13.4 Å². The Kier molecular flexibility index (Phi) is 8.21.